The molecule has 3 nitrogen and oxygen atoms in total. The summed E-state index contributed by atoms with van der Waals surface area (Å²) in [6.45, 7) is 10.4. The minimum Gasteiger partial charge on any atom is -0.378 e. The average Bonchev–Trinajstić information content (AvgIpc) is 2.68. The van der Waals surface area contributed by atoms with Gasteiger partial charge in [-0.1, -0.05) is 13.8 Å². The van der Waals surface area contributed by atoms with Crippen molar-refractivity contribution in [3.8, 4) is 0 Å². The van der Waals surface area contributed by atoms with Gasteiger partial charge < -0.3 is 10.1 Å². The van der Waals surface area contributed by atoms with Crippen LogP contribution in [0, 0.1) is 12.3 Å². The molecule has 1 aliphatic carbocycles. The van der Waals surface area contributed by atoms with E-state index in [-0.39, 0.29) is 5.41 Å². The Labute approximate surface area is 108 Å². The monoisotopic (exact) mass is 254 g/mol. The molecule has 1 aliphatic rings. The summed E-state index contributed by atoms with van der Waals surface area (Å²) in [7, 11) is 0. The SMILES string of the molecule is CCO[C@@H]1C[C@H](NCc2ncc(C)s2)C1(C)C. The highest BCUT2D eigenvalue weighted by molar-refractivity contribution is 7.11. The number of ether oxygens (including phenoxy) is 1. The van der Waals surface area contributed by atoms with Crippen molar-refractivity contribution in [2.75, 3.05) is 6.61 Å². The molecule has 1 heterocycles. The van der Waals surface area contributed by atoms with Gasteiger partial charge in [-0.25, -0.2) is 4.98 Å². The van der Waals surface area contributed by atoms with Crippen LogP contribution in [0.3, 0.4) is 0 Å². The fourth-order valence-electron chi connectivity index (χ4n) is 2.41. The van der Waals surface area contributed by atoms with Crippen molar-refractivity contribution in [2.45, 2.75) is 52.8 Å². The first kappa shape index (κ1) is 13.0. The highest BCUT2D eigenvalue weighted by Gasteiger charge is 2.48. The first-order valence-corrected chi connectivity index (χ1v) is 7.12. The Balaban J connectivity index is 1.82. The maximum absolute atomic E-state index is 5.73. The third-order valence-corrected chi connectivity index (χ3v) is 4.63. The van der Waals surface area contributed by atoms with E-state index in [1.807, 2.05) is 6.20 Å². The van der Waals surface area contributed by atoms with E-state index in [1.165, 1.54) is 9.88 Å². The zero-order valence-corrected chi connectivity index (χ0v) is 11.9. The van der Waals surface area contributed by atoms with Crippen LogP contribution in [0.1, 0.15) is 37.1 Å². The number of nitrogens with one attached hydrogen (secondary N) is 1. The quantitative estimate of drug-likeness (QED) is 0.877. The lowest BCUT2D eigenvalue weighted by Crippen LogP contribution is -2.60. The van der Waals surface area contributed by atoms with Gasteiger partial charge in [0, 0.05) is 35.7 Å². The van der Waals surface area contributed by atoms with E-state index < -0.39 is 0 Å². The van der Waals surface area contributed by atoms with Gasteiger partial charge in [-0.05, 0) is 20.3 Å². The summed E-state index contributed by atoms with van der Waals surface area (Å²) in [5.74, 6) is 0. The number of nitrogens with zero attached hydrogens (tertiary/aromatic N) is 1. The lowest BCUT2D eigenvalue weighted by molar-refractivity contribution is -0.114. The molecular weight excluding hydrogens is 232 g/mol. The normalized spacial score (nSPS) is 26.8. The van der Waals surface area contributed by atoms with E-state index in [2.05, 4.69) is 38.0 Å². The molecule has 1 saturated carbocycles. The summed E-state index contributed by atoms with van der Waals surface area (Å²) < 4.78 is 5.73. The summed E-state index contributed by atoms with van der Waals surface area (Å²) in [6.07, 6.45) is 3.46. The van der Waals surface area contributed by atoms with E-state index in [1.54, 1.807) is 11.3 Å². The summed E-state index contributed by atoms with van der Waals surface area (Å²) >= 11 is 1.77. The van der Waals surface area contributed by atoms with Gasteiger partial charge >= 0.3 is 0 Å². The molecule has 2 atom stereocenters. The van der Waals surface area contributed by atoms with Gasteiger partial charge in [0.05, 0.1) is 6.10 Å². The predicted octanol–water partition coefficient (Wildman–Crippen LogP) is 2.74. The molecule has 1 N–H and O–H groups in total. The highest BCUT2D eigenvalue weighted by Crippen LogP contribution is 2.42. The molecule has 0 amide bonds. The van der Waals surface area contributed by atoms with Crippen LogP contribution in [-0.4, -0.2) is 23.7 Å². The van der Waals surface area contributed by atoms with Gasteiger partial charge in [-0.15, -0.1) is 11.3 Å². The summed E-state index contributed by atoms with van der Waals surface area (Å²) in [5.41, 5.74) is 0.238. The molecule has 0 unspecified atom stereocenters. The topological polar surface area (TPSA) is 34.1 Å². The van der Waals surface area contributed by atoms with Crippen LogP contribution in [0.15, 0.2) is 6.20 Å². The molecular formula is C13H22N2OS. The number of rotatable bonds is 5. The Morgan fingerprint density at radius 2 is 2.35 bits per heavy atom. The van der Waals surface area contributed by atoms with Gasteiger partial charge in [0.2, 0.25) is 0 Å². The molecule has 1 aromatic heterocycles. The smallest absolute Gasteiger partial charge is 0.107 e. The third-order valence-electron chi connectivity index (χ3n) is 3.71. The Morgan fingerprint density at radius 1 is 1.59 bits per heavy atom. The number of hydrogen-bond donors (Lipinski definition) is 1. The van der Waals surface area contributed by atoms with Crippen molar-refractivity contribution in [1.29, 1.82) is 0 Å². The number of aromatic nitrogens is 1. The van der Waals surface area contributed by atoms with Gasteiger partial charge in [-0.3, -0.25) is 0 Å². The lowest BCUT2D eigenvalue weighted by Gasteiger charge is -2.51. The second-order valence-electron chi connectivity index (χ2n) is 5.30. The van der Waals surface area contributed by atoms with Gasteiger partial charge in [0.15, 0.2) is 0 Å². The standard InChI is InChI=1S/C13H22N2OS/c1-5-16-11-6-10(13(11,3)4)14-8-12-15-7-9(2)17-12/h7,10-11,14H,5-6,8H2,1-4H3/t10-,11+/m0/s1. The maximum atomic E-state index is 5.73. The first-order valence-electron chi connectivity index (χ1n) is 6.30. The van der Waals surface area contributed by atoms with Crippen molar-refractivity contribution in [2.24, 2.45) is 5.41 Å². The van der Waals surface area contributed by atoms with Crippen molar-refractivity contribution >= 4 is 11.3 Å². The second kappa shape index (κ2) is 5.04. The zero-order valence-electron chi connectivity index (χ0n) is 11.1. The molecule has 1 fully saturated rings. The van der Waals surface area contributed by atoms with E-state index >= 15 is 0 Å². The van der Waals surface area contributed by atoms with Crippen LogP contribution in [0.5, 0.6) is 0 Å². The van der Waals surface area contributed by atoms with Crippen LogP contribution in [-0.2, 0) is 11.3 Å². The molecule has 0 radical (unpaired) electrons. The molecule has 0 aromatic carbocycles. The summed E-state index contributed by atoms with van der Waals surface area (Å²) in [4.78, 5) is 5.65. The average molecular weight is 254 g/mol. The van der Waals surface area contributed by atoms with Crippen LogP contribution in [0.25, 0.3) is 0 Å². The lowest BCUT2D eigenvalue weighted by atomic mass is 9.64. The molecule has 1 aromatic rings. The van der Waals surface area contributed by atoms with Crippen molar-refractivity contribution in [1.82, 2.24) is 10.3 Å². The molecule has 0 spiro atoms. The van der Waals surface area contributed by atoms with Crippen LogP contribution in [0.2, 0.25) is 0 Å². The summed E-state index contributed by atoms with van der Waals surface area (Å²) in [5, 5.41) is 4.77. The van der Waals surface area contributed by atoms with E-state index in [9.17, 15) is 0 Å². The molecule has 96 valence electrons. The Kier molecular flexibility index (Phi) is 3.85. The largest absolute Gasteiger partial charge is 0.378 e. The Hall–Kier alpha value is -0.450. The Bertz CT molecular complexity index is 375. The first-order chi connectivity index (χ1) is 8.04. The number of hydrogen-bond acceptors (Lipinski definition) is 4. The van der Waals surface area contributed by atoms with Crippen molar-refractivity contribution < 1.29 is 4.74 Å². The molecule has 17 heavy (non-hydrogen) atoms. The molecule has 0 aliphatic heterocycles. The van der Waals surface area contributed by atoms with Crippen molar-refractivity contribution in [3.05, 3.63) is 16.1 Å². The van der Waals surface area contributed by atoms with Crippen molar-refractivity contribution in [3.63, 3.8) is 0 Å². The minimum atomic E-state index is 0.238. The summed E-state index contributed by atoms with van der Waals surface area (Å²) in [6, 6.07) is 0.545. The highest BCUT2D eigenvalue weighted by atomic mass is 32.1. The molecule has 0 saturated heterocycles. The predicted molar refractivity (Wildman–Crippen MR) is 71.3 cm³/mol. The van der Waals surface area contributed by atoms with Gasteiger partial charge in [0.25, 0.3) is 0 Å². The fourth-order valence-corrected chi connectivity index (χ4v) is 3.15. The Morgan fingerprint density at radius 3 is 2.88 bits per heavy atom. The zero-order chi connectivity index (χ0) is 12.5. The maximum Gasteiger partial charge on any atom is 0.107 e. The number of aryl methyl sites for hydroxylation is 1. The van der Waals surface area contributed by atoms with E-state index in [4.69, 9.17) is 4.74 Å². The molecule has 2 rings (SSSR count). The second-order valence-corrected chi connectivity index (χ2v) is 6.62. The van der Waals surface area contributed by atoms with Crippen LogP contribution >= 0.6 is 11.3 Å². The number of thiazole rings is 1. The molecule has 4 heteroatoms. The van der Waals surface area contributed by atoms with E-state index in [0.29, 0.717) is 12.1 Å². The molecule has 0 bridgehead atoms. The van der Waals surface area contributed by atoms with Gasteiger partial charge in [-0.2, -0.15) is 0 Å². The van der Waals surface area contributed by atoms with E-state index in [0.717, 1.165) is 19.6 Å². The fraction of sp³-hybridized carbons (Fsp3) is 0.769. The van der Waals surface area contributed by atoms with Crippen LogP contribution in [0.4, 0.5) is 0 Å². The van der Waals surface area contributed by atoms with Gasteiger partial charge in [0.1, 0.15) is 5.01 Å². The minimum absolute atomic E-state index is 0.238. The van der Waals surface area contributed by atoms with Crippen LogP contribution < -0.4 is 5.32 Å². The third kappa shape index (κ3) is 2.69.